The van der Waals surface area contributed by atoms with Gasteiger partial charge >= 0.3 is 0 Å². The van der Waals surface area contributed by atoms with Gasteiger partial charge in [-0.25, -0.2) is 4.98 Å². The monoisotopic (exact) mass is 192 g/mol. The molecule has 2 rings (SSSR count). The predicted octanol–water partition coefficient (Wildman–Crippen LogP) is 0.121. The smallest absolute Gasteiger partial charge is 0.258 e. The molecule has 0 fully saturated rings. The number of fused-ring (bicyclic) bond motifs is 1. The number of benzene rings is 1. The molecular weight excluding hydrogens is 184 g/mol. The summed E-state index contributed by atoms with van der Waals surface area (Å²) in [7, 11) is 0. The lowest BCUT2D eigenvalue weighted by Crippen LogP contribution is -2.06. The highest BCUT2D eigenvalue weighted by molar-refractivity contribution is 5.80. The molecule has 5 heteroatoms. The van der Waals surface area contributed by atoms with Gasteiger partial charge in [0.25, 0.3) is 5.56 Å². The van der Waals surface area contributed by atoms with Crippen molar-refractivity contribution in [1.82, 2.24) is 9.97 Å². The van der Waals surface area contributed by atoms with Crippen molar-refractivity contribution in [3.05, 3.63) is 34.4 Å². The van der Waals surface area contributed by atoms with Gasteiger partial charge in [-0.15, -0.1) is 0 Å². The largest absolute Gasteiger partial charge is 0.508 e. The Morgan fingerprint density at radius 1 is 1.43 bits per heavy atom. The highest BCUT2D eigenvalue weighted by Crippen LogP contribution is 2.21. The Bertz CT molecular complexity index is 533. The molecule has 0 spiro atoms. The van der Waals surface area contributed by atoms with Crippen molar-refractivity contribution in [2.24, 2.45) is 0 Å². The van der Waals surface area contributed by atoms with E-state index < -0.39 is 0 Å². The van der Waals surface area contributed by atoms with Gasteiger partial charge in [0, 0.05) is 11.6 Å². The third-order valence-electron chi connectivity index (χ3n) is 2.01. The minimum atomic E-state index is -0.309. The van der Waals surface area contributed by atoms with E-state index in [2.05, 4.69) is 9.97 Å². The lowest BCUT2D eigenvalue weighted by molar-refractivity contribution is 0.276. The Labute approximate surface area is 78.7 Å². The minimum Gasteiger partial charge on any atom is -0.508 e. The molecule has 0 amide bonds. The maximum atomic E-state index is 11.3. The zero-order valence-corrected chi connectivity index (χ0v) is 7.19. The molecule has 0 aliphatic heterocycles. The average Bonchev–Trinajstić information content (AvgIpc) is 2.17. The van der Waals surface area contributed by atoms with Crippen LogP contribution in [0.25, 0.3) is 10.9 Å². The van der Waals surface area contributed by atoms with Gasteiger partial charge in [0.2, 0.25) is 0 Å². The number of aliphatic hydroxyl groups excluding tert-OH is 1. The third-order valence-corrected chi connectivity index (χ3v) is 2.01. The van der Waals surface area contributed by atoms with Crippen LogP contribution in [0.4, 0.5) is 0 Å². The fraction of sp³-hybridized carbons (Fsp3) is 0.111. The molecule has 0 atom stereocenters. The second kappa shape index (κ2) is 3.12. The summed E-state index contributed by atoms with van der Waals surface area (Å²) in [5.74, 6) is -0.0573. The quantitative estimate of drug-likeness (QED) is 0.599. The van der Waals surface area contributed by atoms with Crippen molar-refractivity contribution in [2.75, 3.05) is 0 Å². The fourth-order valence-electron chi connectivity index (χ4n) is 1.28. The van der Waals surface area contributed by atoms with Crippen LogP contribution in [-0.4, -0.2) is 20.2 Å². The number of aliphatic hydroxyl groups is 1. The van der Waals surface area contributed by atoms with E-state index in [9.17, 15) is 9.90 Å². The summed E-state index contributed by atoms with van der Waals surface area (Å²) in [5.41, 5.74) is 0.434. The van der Waals surface area contributed by atoms with Crippen molar-refractivity contribution < 1.29 is 10.2 Å². The van der Waals surface area contributed by atoms with Gasteiger partial charge in [0.15, 0.2) is 0 Å². The maximum Gasteiger partial charge on any atom is 0.258 e. The number of nitrogens with zero attached hydrogens (tertiary/aromatic N) is 1. The molecule has 1 heterocycles. The minimum absolute atomic E-state index is 0.0573. The molecule has 3 N–H and O–H groups in total. The summed E-state index contributed by atoms with van der Waals surface area (Å²) < 4.78 is 0. The molecule has 0 bridgehead atoms. The van der Waals surface area contributed by atoms with Crippen molar-refractivity contribution in [1.29, 1.82) is 0 Å². The maximum absolute atomic E-state index is 11.3. The molecule has 1 aromatic carbocycles. The Kier molecular flexibility index (Phi) is 1.94. The number of hydrogen-bond acceptors (Lipinski definition) is 4. The second-order valence-electron chi connectivity index (χ2n) is 2.89. The lowest BCUT2D eigenvalue weighted by atomic mass is 10.1. The van der Waals surface area contributed by atoms with E-state index in [1.807, 2.05) is 0 Å². The standard InChI is InChI=1S/C9H8N2O3/c12-3-5-1-6-7(2-8(5)13)10-4-11-9(6)14/h1-2,4,12-13H,3H2,(H,10,11,14). The summed E-state index contributed by atoms with van der Waals surface area (Å²) in [6.07, 6.45) is 1.27. The molecule has 14 heavy (non-hydrogen) atoms. The fourth-order valence-corrected chi connectivity index (χ4v) is 1.28. The van der Waals surface area contributed by atoms with Crippen LogP contribution in [0.5, 0.6) is 5.75 Å². The molecule has 0 radical (unpaired) electrons. The molecule has 1 aromatic heterocycles. The van der Waals surface area contributed by atoms with Crippen LogP contribution in [0.2, 0.25) is 0 Å². The van der Waals surface area contributed by atoms with Gasteiger partial charge < -0.3 is 15.2 Å². The van der Waals surface area contributed by atoms with E-state index in [-0.39, 0.29) is 17.9 Å². The van der Waals surface area contributed by atoms with Crippen LogP contribution < -0.4 is 5.56 Å². The molecule has 72 valence electrons. The third kappa shape index (κ3) is 1.23. The van der Waals surface area contributed by atoms with E-state index in [0.717, 1.165) is 0 Å². The van der Waals surface area contributed by atoms with E-state index in [0.29, 0.717) is 16.5 Å². The van der Waals surface area contributed by atoms with Gasteiger partial charge in [0.1, 0.15) is 5.75 Å². The highest BCUT2D eigenvalue weighted by atomic mass is 16.3. The van der Waals surface area contributed by atoms with Crippen molar-refractivity contribution in [3.63, 3.8) is 0 Å². The first-order chi connectivity index (χ1) is 6.72. The zero-order chi connectivity index (χ0) is 10.1. The number of H-pyrrole nitrogens is 1. The number of nitrogens with one attached hydrogen (secondary N) is 1. The normalized spacial score (nSPS) is 10.6. The van der Waals surface area contributed by atoms with E-state index in [1.54, 1.807) is 0 Å². The van der Waals surface area contributed by atoms with Gasteiger partial charge in [-0.2, -0.15) is 0 Å². The molecule has 0 aliphatic carbocycles. The van der Waals surface area contributed by atoms with E-state index in [1.165, 1.54) is 18.5 Å². The molecule has 0 saturated carbocycles. The van der Waals surface area contributed by atoms with Crippen molar-refractivity contribution in [3.8, 4) is 5.75 Å². The molecule has 0 aliphatic rings. The molecule has 0 unspecified atom stereocenters. The van der Waals surface area contributed by atoms with Crippen LogP contribution in [0.15, 0.2) is 23.3 Å². The van der Waals surface area contributed by atoms with E-state index in [4.69, 9.17) is 5.11 Å². The summed E-state index contributed by atoms with van der Waals surface area (Å²) >= 11 is 0. The molecule has 0 saturated heterocycles. The first-order valence-electron chi connectivity index (χ1n) is 4.02. The molecular formula is C9H8N2O3. The predicted molar refractivity (Wildman–Crippen MR) is 50.0 cm³/mol. The molecule has 2 aromatic rings. The van der Waals surface area contributed by atoms with Crippen LogP contribution >= 0.6 is 0 Å². The SMILES string of the molecule is O=c1[nH]cnc2cc(O)c(CO)cc12. The number of aromatic amines is 1. The Hall–Kier alpha value is -1.88. The van der Waals surface area contributed by atoms with Crippen LogP contribution in [0.1, 0.15) is 5.56 Å². The summed E-state index contributed by atoms with van der Waals surface area (Å²) in [6, 6.07) is 2.78. The summed E-state index contributed by atoms with van der Waals surface area (Å²) in [5, 5.41) is 18.6. The van der Waals surface area contributed by atoms with Gasteiger partial charge in [-0.1, -0.05) is 0 Å². The Morgan fingerprint density at radius 3 is 2.93 bits per heavy atom. The number of aromatic hydroxyl groups is 1. The topological polar surface area (TPSA) is 86.2 Å². The Morgan fingerprint density at radius 2 is 2.21 bits per heavy atom. The van der Waals surface area contributed by atoms with Crippen LogP contribution in [-0.2, 0) is 6.61 Å². The summed E-state index contributed by atoms with van der Waals surface area (Å²) in [6.45, 7) is -0.309. The van der Waals surface area contributed by atoms with Crippen LogP contribution in [0.3, 0.4) is 0 Å². The van der Waals surface area contributed by atoms with Crippen molar-refractivity contribution >= 4 is 10.9 Å². The van der Waals surface area contributed by atoms with Gasteiger partial charge in [0.05, 0.1) is 23.8 Å². The van der Waals surface area contributed by atoms with Crippen LogP contribution in [0, 0.1) is 0 Å². The average molecular weight is 192 g/mol. The van der Waals surface area contributed by atoms with Gasteiger partial charge in [-0.05, 0) is 6.07 Å². The second-order valence-corrected chi connectivity index (χ2v) is 2.89. The van der Waals surface area contributed by atoms with Crippen molar-refractivity contribution in [2.45, 2.75) is 6.61 Å². The van der Waals surface area contributed by atoms with Gasteiger partial charge in [-0.3, -0.25) is 4.79 Å². The number of phenols is 1. The number of rotatable bonds is 1. The first kappa shape index (κ1) is 8.71. The number of hydrogen-bond donors (Lipinski definition) is 3. The zero-order valence-electron chi connectivity index (χ0n) is 7.19. The highest BCUT2D eigenvalue weighted by Gasteiger charge is 2.05. The first-order valence-corrected chi connectivity index (χ1v) is 4.02. The lowest BCUT2D eigenvalue weighted by Gasteiger charge is -2.02. The Balaban J connectivity index is 2.87. The molecule has 5 nitrogen and oxygen atoms in total. The van der Waals surface area contributed by atoms with E-state index >= 15 is 0 Å². The number of aromatic nitrogens is 2. The summed E-state index contributed by atoms with van der Waals surface area (Å²) in [4.78, 5) is 17.6.